The molecule has 5 atom stereocenters. The number of nitrogens with zero attached hydrogens (tertiary/aromatic N) is 1. The fraction of sp³-hybridized carbons (Fsp3) is 0.727. The Morgan fingerprint density at radius 3 is 2.80 bits per heavy atom. The maximum absolute atomic E-state index is 12.0. The molecule has 0 aromatic rings. The van der Waals surface area contributed by atoms with Crippen LogP contribution in [0.4, 0.5) is 4.79 Å². The maximum Gasteiger partial charge on any atom is 0.531 e. The number of carbonyl (C=O) groups is 3. The van der Waals surface area contributed by atoms with Crippen molar-refractivity contribution in [2.45, 2.75) is 31.3 Å². The van der Waals surface area contributed by atoms with Gasteiger partial charge >= 0.3 is 6.16 Å². The fourth-order valence-corrected chi connectivity index (χ4v) is 2.93. The molecule has 3 aliphatic heterocycles. The van der Waals surface area contributed by atoms with Crippen molar-refractivity contribution >= 4 is 18.0 Å². The van der Waals surface area contributed by atoms with Crippen LogP contribution in [0.2, 0.25) is 0 Å². The summed E-state index contributed by atoms with van der Waals surface area (Å²) in [6.45, 7) is 0.477. The van der Waals surface area contributed by atoms with E-state index < -0.39 is 42.4 Å². The molecule has 20 heavy (non-hydrogen) atoms. The van der Waals surface area contributed by atoms with Gasteiger partial charge in [0, 0.05) is 12.3 Å². The van der Waals surface area contributed by atoms with Crippen molar-refractivity contribution in [2.75, 3.05) is 6.61 Å². The van der Waals surface area contributed by atoms with Crippen molar-refractivity contribution in [2.24, 2.45) is 11.8 Å². The molecule has 5 unspecified atom stereocenters. The second kappa shape index (κ2) is 4.69. The van der Waals surface area contributed by atoms with Crippen LogP contribution in [0.25, 0.3) is 0 Å². The van der Waals surface area contributed by atoms with Gasteiger partial charge in [0.15, 0.2) is 6.29 Å². The molecule has 0 saturated carbocycles. The first-order chi connectivity index (χ1) is 9.49. The first-order valence-electron chi connectivity index (χ1n) is 6.22. The second-order valence-corrected chi connectivity index (χ2v) is 4.98. The summed E-state index contributed by atoms with van der Waals surface area (Å²) in [4.78, 5) is 38.1. The molecule has 0 aromatic carbocycles. The van der Waals surface area contributed by atoms with E-state index in [1.165, 1.54) is 0 Å². The summed E-state index contributed by atoms with van der Waals surface area (Å²) in [5, 5.41) is 18.8. The molecule has 2 N–H and O–H groups in total. The zero-order chi connectivity index (χ0) is 14.4. The Morgan fingerprint density at radius 1 is 1.40 bits per heavy atom. The van der Waals surface area contributed by atoms with Gasteiger partial charge in [0.25, 0.3) is 11.8 Å². The normalized spacial score (nSPS) is 40.2. The fourth-order valence-electron chi connectivity index (χ4n) is 2.93. The van der Waals surface area contributed by atoms with Gasteiger partial charge in [-0.15, -0.1) is 0 Å². The number of carbonyl (C=O) groups excluding carboxylic acids is 2. The minimum Gasteiger partial charge on any atom is -0.448 e. The number of aliphatic hydroxyl groups is 1. The lowest BCUT2D eigenvalue weighted by Gasteiger charge is -2.20. The Labute approximate surface area is 112 Å². The summed E-state index contributed by atoms with van der Waals surface area (Å²) in [6, 6.07) is 0. The second-order valence-electron chi connectivity index (χ2n) is 4.98. The van der Waals surface area contributed by atoms with E-state index >= 15 is 0 Å². The number of aliphatic hydroxyl groups excluding tert-OH is 1. The van der Waals surface area contributed by atoms with Gasteiger partial charge < -0.3 is 19.7 Å². The molecule has 3 rings (SSSR count). The average Bonchev–Trinajstić information content (AvgIpc) is 3.01. The van der Waals surface area contributed by atoms with Crippen LogP contribution in [-0.2, 0) is 23.9 Å². The topological polar surface area (TPSA) is 123 Å². The van der Waals surface area contributed by atoms with Crippen molar-refractivity contribution in [3.8, 4) is 0 Å². The van der Waals surface area contributed by atoms with Gasteiger partial charge in [-0.25, -0.2) is 4.79 Å². The molecule has 9 nitrogen and oxygen atoms in total. The SMILES string of the molecule is O=C(O)ON1C(=O)CC(C2OC3OCCC3C2O)C1=O. The van der Waals surface area contributed by atoms with Crippen molar-refractivity contribution in [3.63, 3.8) is 0 Å². The number of fused-ring (bicyclic) bond motifs is 1. The number of hydrogen-bond donors (Lipinski definition) is 2. The monoisotopic (exact) mass is 287 g/mol. The molecule has 9 heteroatoms. The summed E-state index contributed by atoms with van der Waals surface area (Å²) in [5.41, 5.74) is 0. The maximum atomic E-state index is 12.0. The van der Waals surface area contributed by atoms with E-state index in [1.54, 1.807) is 0 Å². The molecule has 0 aromatic heterocycles. The summed E-state index contributed by atoms with van der Waals surface area (Å²) >= 11 is 0. The zero-order valence-corrected chi connectivity index (χ0v) is 10.3. The molecule has 0 aliphatic carbocycles. The Kier molecular flexibility index (Phi) is 3.11. The van der Waals surface area contributed by atoms with E-state index in [1.807, 2.05) is 0 Å². The molecule has 3 fully saturated rings. The first kappa shape index (κ1) is 13.3. The first-order valence-corrected chi connectivity index (χ1v) is 6.22. The van der Waals surface area contributed by atoms with Crippen LogP contribution >= 0.6 is 0 Å². The Bertz CT molecular complexity index is 465. The molecule has 0 spiro atoms. The van der Waals surface area contributed by atoms with E-state index in [-0.39, 0.29) is 17.4 Å². The molecule has 3 saturated heterocycles. The lowest BCUT2D eigenvalue weighted by molar-refractivity contribution is -0.180. The van der Waals surface area contributed by atoms with E-state index in [0.29, 0.717) is 13.0 Å². The Hall–Kier alpha value is -1.71. The number of hydroxylamine groups is 2. The third kappa shape index (κ3) is 1.94. The van der Waals surface area contributed by atoms with Crippen molar-refractivity contribution in [1.29, 1.82) is 0 Å². The number of rotatable bonds is 2. The number of carboxylic acid groups (broad SMARTS) is 1. The van der Waals surface area contributed by atoms with Crippen LogP contribution in [0.5, 0.6) is 0 Å². The number of amides is 2. The van der Waals surface area contributed by atoms with Crippen molar-refractivity contribution in [3.05, 3.63) is 0 Å². The van der Waals surface area contributed by atoms with Gasteiger partial charge in [-0.1, -0.05) is 5.06 Å². The highest BCUT2D eigenvalue weighted by molar-refractivity contribution is 6.03. The third-order valence-corrected chi connectivity index (χ3v) is 3.85. The molecule has 0 radical (unpaired) electrons. The molecule has 3 heterocycles. The number of imide groups is 1. The zero-order valence-electron chi connectivity index (χ0n) is 10.3. The van der Waals surface area contributed by atoms with Crippen molar-refractivity contribution < 1.29 is 38.9 Å². The Morgan fingerprint density at radius 2 is 2.15 bits per heavy atom. The highest BCUT2D eigenvalue weighted by Crippen LogP contribution is 2.40. The van der Waals surface area contributed by atoms with E-state index in [9.17, 15) is 19.5 Å². The standard InChI is InChI=1S/C11H13NO8/c13-6-3-5(9(15)12(6)20-11(16)17)8-7(14)4-1-2-18-10(4)19-8/h4-5,7-8,10,14H,1-3H2,(H,16,17). The molecule has 3 aliphatic rings. The number of ether oxygens (including phenoxy) is 2. The van der Waals surface area contributed by atoms with Crippen LogP contribution in [0, 0.1) is 11.8 Å². The summed E-state index contributed by atoms with van der Waals surface area (Å²) in [6.07, 6.45) is -3.77. The van der Waals surface area contributed by atoms with Crippen LogP contribution in [0.15, 0.2) is 0 Å². The predicted octanol–water partition coefficient (Wildman–Crippen LogP) is -0.907. The van der Waals surface area contributed by atoms with Crippen LogP contribution in [0.1, 0.15) is 12.8 Å². The molecular formula is C11H13NO8. The van der Waals surface area contributed by atoms with E-state index in [0.717, 1.165) is 0 Å². The van der Waals surface area contributed by atoms with Crippen LogP contribution < -0.4 is 0 Å². The van der Waals surface area contributed by atoms with Crippen LogP contribution in [-0.4, -0.2) is 58.4 Å². The van der Waals surface area contributed by atoms with Crippen LogP contribution in [0.3, 0.4) is 0 Å². The minimum atomic E-state index is -1.75. The third-order valence-electron chi connectivity index (χ3n) is 3.85. The summed E-state index contributed by atoms with van der Waals surface area (Å²) in [7, 11) is 0. The molecule has 110 valence electrons. The quantitative estimate of drug-likeness (QED) is 0.626. The lowest BCUT2D eigenvalue weighted by atomic mass is 9.90. The van der Waals surface area contributed by atoms with Gasteiger partial charge in [0.2, 0.25) is 0 Å². The van der Waals surface area contributed by atoms with Gasteiger partial charge in [-0.2, -0.15) is 0 Å². The molecular weight excluding hydrogens is 274 g/mol. The largest absolute Gasteiger partial charge is 0.531 e. The smallest absolute Gasteiger partial charge is 0.448 e. The minimum absolute atomic E-state index is 0.206. The lowest BCUT2D eigenvalue weighted by Crippen LogP contribution is -2.39. The number of hydrogen-bond acceptors (Lipinski definition) is 7. The summed E-state index contributed by atoms with van der Waals surface area (Å²) < 4.78 is 10.8. The van der Waals surface area contributed by atoms with E-state index in [4.69, 9.17) is 14.6 Å². The van der Waals surface area contributed by atoms with Gasteiger partial charge in [0.1, 0.15) is 0 Å². The molecule has 2 amide bonds. The highest BCUT2D eigenvalue weighted by Gasteiger charge is 2.56. The highest BCUT2D eigenvalue weighted by atomic mass is 16.8. The Balaban J connectivity index is 1.74. The van der Waals surface area contributed by atoms with Gasteiger partial charge in [-0.3, -0.25) is 14.4 Å². The van der Waals surface area contributed by atoms with E-state index in [2.05, 4.69) is 4.84 Å². The predicted molar refractivity (Wildman–Crippen MR) is 57.8 cm³/mol. The molecule has 0 bridgehead atoms. The van der Waals surface area contributed by atoms with Gasteiger partial charge in [0.05, 0.1) is 24.7 Å². The van der Waals surface area contributed by atoms with Gasteiger partial charge in [-0.05, 0) is 6.42 Å². The van der Waals surface area contributed by atoms with Crippen molar-refractivity contribution in [1.82, 2.24) is 5.06 Å². The summed E-state index contributed by atoms with van der Waals surface area (Å²) in [5.74, 6) is -2.76. The average molecular weight is 287 g/mol.